The van der Waals surface area contributed by atoms with Crippen molar-refractivity contribution in [2.75, 3.05) is 34.3 Å². The summed E-state index contributed by atoms with van der Waals surface area (Å²) in [6.45, 7) is 7.71. The van der Waals surface area contributed by atoms with Gasteiger partial charge in [0.15, 0.2) is 5.78 Å². The van der Waals surface area contributed by atoms with Crippen LogP contribution in [0.4, 0.5) is 0 Å². The molecule has 7 atom stereocenters. The van der Waals surface area contributed by atoms with Gasteiger partial charge in [0.05, 0.1) is 27.2 Å². The fraction of sp³-hybridized carbons (Fsp3) is 0.808. The Morgan fingerprint density at radius 1 is 1.15 bits per heavy atom. The summed E-state index contributed by atoms with van der Waals surface area (Å²) >= 11 is 0. The quantitative estimate of drug-likeness (QED) is 0.227. The Bertz CT molecular complexity index is 925. The maximum atomic E-state index is 13.3. The molecule has 4 aliphatic carbocycles. The smallest absolute Gasteiger partial charge is 0.329 e. The van der Waals surface area contributed by atoms with Crippen molar-refractivity contribution in [3.63, 3.8) is 0 Å². The van der Waals surface area contributed by atoms with E-state index in [-0.39, 0.29) is 23.5 Å². The van der Waals surface area contributed by atoms with E-state index >= 15 is 0 Å². The molecule has 5 unspecified atom stereocenters. The van der Waals surface area contributed by atoms with Gasteiger partial charge in [-0.25, -0.2) is 15.1 Å². The molecular weight excluding hydrogens is 451 g/mol. The molecule has 2 N–H and O–H groups in total. The molecule has 192 valence electrons. The van der Waals surface area contributed by atoms with Crippen molar-refractivity contribution in [3.05, 3.63) is 23.3 Å². The minimum absolute atomic E-state index is 0.00434. The van der Waals surface area contributed by atoms with Crippen molar-refractivity contribution in [3.8, 4) is 0 Å². The number of nitrogens with zero attached hydrogens (tertiary/aromatic N) is 1. The number of ketones is 1. The lowest BCUT2D eigenvalue weighted by atomic mass is 9.47. The molecular formula is C26H44N2O5P+. The molecule has 0 radical (unpaired) electrons. The van der Waals surface area contributed by atoms with Crippen molar-refractivity contribution in [2.45, 2.75) is 71.8 Å². The Hall–Kier alpha value is -0.820. The van der Waals surface area contributed by atoms with Crippen LogP contribution in [0.25, 0.3) is 0 Å². The van der Waals surface area contributed by atoms with Crippen molar-refractivity contribution in [2.24, 2.45) is 34.5 Å². The molecule has 0 aromatic heterocycles. The highest BCUT2D eigenvalue weighted by Crippen LogP contribution is 2.68. The van der Waals surface area contributed by atoms with Crippen LogP contribution in [0.3, 0.4) is 0 Å². The molecule has 3 fully saturated rings. The van der Waals surface area contributed by atoms with Crippen molar-refractivity contribution in [1.29, 1.82) is 0 Å². The van der Waals surface area contributed by atoms with Crippen LogP contribution in [0.2, 0.25) is 0 Å². The van der Waals surface area contributed by atoms with E-state index in [2.05, 4.69) is 19.9 Å². The van der Waals surface area contributed by atoms with Gasteiger partial charge in [-0.05, 0) is 85.7 Å². The van der Waals surface area contributed by atoms with Crippen LogP contribution >= 0.6 is 7.82 Å². The predicted molar refractivity (Wildman–Crippen MR) is 132 cm³/mol. The van der Waals surface area contributed by atoms with Crippen LogP contribution in [-0.2, 0) is 23.0 Å². The second kappa shape index (κ2) is 9.24. The number of phosphoric ester groups is 1. The Labute approximate surface area is 205 Å². The maximum Gasteiger partial charge on any atom is 0.491 e. The lowest BCUT2D eigenvalue weighted by Gasteiger charge is -2.57. The zero-order valence-electron chi connectivity index (χ0n) is 21.8. The zero-order valence-corrected chi connectivity index (χ0v) is 22.7. The first-order valence-electron chi connectivity index (χ1n) is 12.9. The molecule has 3 saturated carbocycles. The summed E-state index contributed by atoms with van der Waals surface area (Å²) in [5.41, 5.74) is 2.70. The minimum atomic E-state index is -3.87. The second-order valence-corrected chi connectivity index (χ2v) is 14.0. The van der Waals surface area contributed by atoms with Gasteiger partial charge in [0.1, 0.15) is 13.2 Å². The van der Waals surface area contributed by atoms with Gasteiger partial charge >= 0.3 is 7.82 Å². The number of phosphoric acid groups is 1. The minimum Gasteiger partial charge on any atom is -0.329 e. The molecule has 0 bridgehead atoms. The Balaban J connectivity index is 1.55. The molecule has 0 aromatic rings. The standard InChI is InChI=1S/C26H44N2O5P/c1-7-21-24(32-34(30,33-27)31-15-14-28(4,5)6)17-23-20-9-8-18-16-19(29)10-12-25(18,2)22(20)11-13-26(21,23)3/h7,16,20,22-24H,8-15,17,27H2,1-6H3/q+1/b21-7+/t20?,22?,23?,24?,25-,26+,34?/m0/s1. The highest BCUT2D eigenvalue weighted by atomic mass is 31.2. The number of fused-ring (bicyclic) bond motifs is 5. The summed E-state index contributed by atoms with van der Waals surface area (Å²) < 4.78 is 30.5. The number of carbonyl (C=O) groups excluding carboxylic acids is 1. The van der Waals surface area contributed by atoms with Gasteiger partial charge in [-0.1, -0.05) is 25.5 Å². The van der Waals surface area contributed by atoms with Gasteiger partial charge in [0, 0.05) is 6.42 Å². The van der Waals surface area contributed by atoms with Crippen molar-refractivity contribution in [1.82, 2.24) is 0 Å². The number of likely N-dealkylation sites (N-methyl/N-ethyl adjacent to an activating group) is 1. The molecule has 0 aliphatic heterocycles. The predicted octanol–water partition coefficient (Wildman–Crippen LogP) is 5.18. The summed E-state index contributed by atoms with van der Waals surface area (Å²) in [7, 11) is 2.26. The van der Waals surface area contributed by atoms with Gasteiger partial charge in [0.25, 0.3) is 0 Å². The average molecular weight is 496 g/mol. The Morgan fingerprint density at radius 2 is 1.88 bits per heavy atom. The molecule has 7 nitrogen and oxygen atoms in total. The van der Waals surface area contributed by atoms with Crippen LogP contribution in [0, 0.1) is 28.6 Å². The average Bonchev–Trinajstić information content (AvgIpc) is 3.04. The van der Waals surface area contributed by atoms with Gasteiger partial charge in [0.2, 0.25) is 0 Å². The monoisotopic (exact) mass is 495 g/mol. The van der Waals surface area contributed by atoms with Crippen LogP contribution in [0.15, 0.2) is 23.3 Å². The van der Waals surface area contributed by atoms with E-state index in [1.807, 2.05) is 34.1 Å². The van der Waals surface area contributed by atoms with E-state index in [4.69, 9.17) is 19.6 Å². The highest BCUT2D eigenvalue weighted by Gasteiger charge is 2.60. The lowest BCUT2D eigenvalue weighted by molar-refractivity contribution is -0.870. The SMILES string of the molecule is C/C=C1\C(OP(=O)(ON)OCC[N+](C)(C)C)CC2C3CCC4=CC(=O)CC[C@]4(C)C3CC[C@]12C. The van der Waals surface area contributed by atoms with E-state index in [0.717, 1.165) is 38.5 Å². The molecule has 34 heavy (non-hydrogen) atoms. The molecule has 0 heterocycles. The highest BCUT2D eigenvalue weighted by molar-refractivity contribution is 7.48. The molecule has 0 aromatic carbocycles. The molecule has 0 amide bonds. The summed E-state index contributed by atoms with van der Waals surface area (Å²) in [6, 6.07) is 0. The van der Waals surface area contributed by atoms with Crippen LogP contribution in [0.5, 0.6) is 0 Å². The third-order valence-corrected chi connectivity index (χ3v) is 10.8. The summed E-state index contributed by atoms with van der Waals surface area (Å²) in [5, 5.41) is 0. The number of nitrogens with two attached hydrogens (primary N) is 1. The van der Waals surface area contributed by atoms with Crippen LogP contribution in [0.1, 0.15) is 65.7 Å². The van der Waals surface area contributed by atoms with Crippen molar-refractivity contribution >= 4 is 13.6 Å². The first-order chi connectivity index (χ1) is 15.9. The number of quaternary nitrogens is 1. The van der Waals surface area contributed by atoms with E-state index in [9.17, 15) is 9.36 Å². The Kier molecular flexibility index (Phi) is 7.14. The fourth-order valence-corrected chi connectivity index (χ4v) is 8.67. The number of carbonyl (C=O) groups is 1. The van der Waals surface area contributed by atoms with E-state index in [1.54, 1.807) is 0 Å². The molecule has 8 heteroatoms. The summed E-state index contributed by atoms with van der Waals surface area (Å²) in [5.74, 6) is 7.31. The van der Waals surface area contributed by atoms with E-state index < -0.39 is 7.82 Å². The molecule has 4 aliphatic rings. The number of rotatable bonds is 7. The Morgan fingerprint density at radius 3 is 2.53 bits per heavy atom. The van der Waals surface area contributed by atoms with Gasteiger partial charge in [-0.2, -0.15) is 0 Å². The zero-order chi connectivity index (χ0) is 24.9. The van der Waals surface area contributed by atoms with E-state index in [1.165, 1.54) is 11.1 Å². The van der Waals surface area contributed by atoms with Gasteiger partial charge in [-0.3, -0.25) is 13.8 Å². The van der Waals surface area contributed by atoms with Crippen molar-refractivity contribution < 1.29 is 27.5 Å². The molecule has 4 rings (SSSR count). The third-order valence-electron chi connectivity index (χ3n) is 9.53. The topological polar surface area (TPSA) is 87.8 Å². The lowest BCUT2D eigenvalue weighted by Crippen LogP contribution is -2.49. The summed E-state index contributed by atoms with van der Waals surface area (Å²) in [4.78, 5) is 12.1. The number of hydrogen-bond donors (Lipinski definition) is 1. The van der Waals surface area contributed by atoms with Crippen LogP contribution in [-0.4, -0.2) is 50.7 Å². The summed E-state index contributed by atoms with van der Waals surface area (Å²) in [6.07, 6.45) is 10.5. The van der Waals surface area contributed by atoms with Gasteiger partial charge < -0.3 is 4.48 Å². The second-order valence-electron chi connectivity index (χ2n) is 12.4. The third kappa shape index (κ3) is 4.65. The molecule has 0 spiro atoms. The first kappa shape index (κ1) is 26.2. The number of hydrogen-bond acceptors (Lipinski definition) is 6. The number of allylic oxidation sites excluding steroid dienone is 2. The van der Waals surface area contributed by atoms with Gasteiger partial charge in [-0.15, -0.1) is 0 Å². The van der Waals surface area contributed by atoms with E-state index in [0.29, 0.717) is 41.0 Å². The van der Waals surface area contributed by atoms with Crippen LogP contribution < -0.4 is 5.90 Å². The fourth-order valence-electron chi connectivity index (χ4n) is 7.68. The first-order valence-corrected chi connectivity index (χ1v) is 14.3. The molecule has 0 saturated heterocycles. The normalized spacial score (nSPS) is 40.9. The largest absolute Gasteiger partial charge is 0.491 e. The maximum absolute atomic E-state index is 13.3.